The molecule has 0 aliphatic carbocycles. The van der Waals surface area contributed by atoms with Crippen LogP contribution in [0.3, 0.4) is 0 Å². The molecule has 2 aromatic heterocycles. The van der Waals surface area contributed by atoms with Crippen LogP contribution >= 0.6 is 11.6 Å². The number of halogens is 7. The summed E-state index contributed by atoms with van der Waals surface area (Å²) >= 11 is 5.92. The minimum absolute atomic E-state index is 0.0336. The summed E-state index contributed by atoms with van der Waals surface area (Å²) in [5.74, 6) is -7.54. The number of carbonyl (C=O) groups excluding carboxylic acids is 1. The summed E-state index contributed by atoms with van der Waals surface area (Å²) in [4.78, 5) is 21.2. The van der Waals surface area contributed by atoms with E-state index >= 15 is 0 Å². The molecule has 0 bridgehead atoms. The van der Waals surface area contributed by atoms with Crippen LogP contribution in [0.4, 0.5) is 26.3 Å². The molecule has 2 heterocycles. The average molecular weight is 558 g/mol. The zero-order valence-corrected chi connectivity index (χ0v) is 19.7. The smallest absolute Gasteiger partial charge is 0.459 e. The fourth-order valence-electron chi connectivity index (χ4n) is 3.28. The predicted molar refractivity (Wildman–Crippen MR) is 122 cm³/mol. The topological polar surface area (TPSA) is 104 Å². The summed E-state index contributed by atoms with van der Waals surface area (Å²) in [6, 6.07) is 9.81. The number of oxime groups is 1. The number of aromatic nitrogens is 3. The van der Waals surface area contributed by atoms with Gasteiger partial charge in [0.15, 0.2) is 17.2 Å². The van der Waals surface area contributed by atoms with Gasteiger partial charge in [-0.3, -0.25) is 0 Å². The molecule has 2 N–H and O–H groups in total. The Bertz CT molecular complexity index is 1550. The molecule has 15 heteroatoms. The molecular formula is C23H14ClF6N5O3. The highest BCUT2D eigenvalue weighted by Crippen LogP contribution is 2.44. The molecule has 4 rings (SSSR count). The maximum atomic E-state index is 14.5. The molecule has 0 saturated heterocycles. The van der Waals surface area contributed by atoms with Crippen LogP contribution < -0.4 is 10.5 Å². The van der Waals surface area contributed by atoms with Crippen LogP contribution in [-0.2, 0) is 10.8 Å². The normalized spacial score (nSPS) is 12.6. The lowest BCUT2D eigenvalue weighted by Crippen LogP contribution is -2.36. The fourth-order valence-corrected chi connectivity index (χ4v) is 3.45. The van der Waals surface area contributed by atoms with E-state index in [9.17, 15) is 31.1 Å². The van der Waals surface area contributed by atoms with Gasteiger partial charge < -0.3 is 15.3 Å². The molecular weight excluding hydrogens is 544 g/mol. The highest BCUT2D eigenvalue weighted by molar-refractivity contribution is 6.31. The van der Waals surface area contributed by atoms with Crippen molar-refractivity contribution in [1.82, 2.24) is 14.6 Å². The summed E-state index contributed by atoms with van der Waals surface area (Å²) in [5, 5.41) is 7.23. The molecule has 38 heavy (non-hydrogen) atoms. The maximum absolute atomic E-state index is 14.5. The van der Waals surface area contributed by atoms with E-state index in [2.05, 4.69) is 15.2 Å². The second-order valence-corrected chi connectivity index (χ2v) is 8.04. The third kappa shape index (κ3) is 5.07. The number of hydrogen-bond acceptors (Lipinski definition) is 6. The number of rotatable bonds is 6. The van der Waals surface area contributed by atoms with E-state index in [4.69, 9.17) is 26.9 Å². The summed E-state index contributed by atoms with van der Waals surface area (Å²) in [6.45, 7) is 0. The first kappa shape index (κ1) is 26.7. The van der Waals surface area contributed by atoms with E-state index in [0.717, 1.165) is 30.3 Å². The molecule has 0 radical (unpaired) electrons. The Labute approximate surface area is 214 Å². The molecule has 0 fully saturated rings. The van der Waals surface area contributed by atoms with Crippen LogP contribution in [0.25, 0.3) is 16.9 Å². The van der Waals surface area contributed by atoms with E-state index in [1.807, 2.05) is 0 Å². The molecule has 2 aromatic carbocycles. The van der Waals surface area contributed by atoms with Gasteiger partial charge in [-0.05, 0) is 48.5 Å². The number of benzene rings is 2. The van der Waals surface area contributed by atoms with Crippen molar-refractivity contribution < 1.29 is 40.7 Å². The minimum Gasteiger partial charge on any atom is -0.496 e. The number of nitrogens with zero attached hydrogens (tertiary/aromatic N) is 4. The zero-order valence-electron chi connectivity index (χ0n) is 18.9. The van der Waals surface area contributed by atoms with Gasteiger partial charge in [-0.2, -0.15) is 27.1 Å². The van der Waals surface area contributed by atoms with Gasteiger partial charge in [-0.25, -0.2) is 18.7 Å². The van der Waals surface area contributed by atoms with Crippen LogP contribution in [0, 0.1) is 5.82 Å². The highest BCUT2D eigenvalue weighted by Gasteiger charge is 2.60. The van der Waals surface area contributed by atoms with E-state index in [0.29, 0.717) is 6.07 Å². The standard InChI is InChI=1S/C23H14ClF6N5O3/c1-37-17-7-4-12(24)8-14(17)20(31)34-38-21(36)16-10-19-32-15(11-2-5-13(25)6-3-11)9-18(35(19)33-16)22(26,27)23(28,29)30/h2-10H,1H3,(H2,31,34). The van der Waals surface area contributed by atoms with Gasteiger partial charge in [0.05, 0.1) is 18.4 Å². The number of fused-ring (bicyclic) bond motifs is 1. The number of amidine groups is 1. The van der Waals surface area contributed by atoms with Gasteiger partial charge >= 0.3 is 18.1 Å². The number of nitrogens with two attached hydrogens (primary N) is 1. The van der Waals surface area contributed by atoms with Gasteiger partial charge in [-0.1, -0.05) is 16.8 Å². The zero-order chi connectivity index (χ0) is 27.8. The number of hydrogen-bond donors (Lipinski definition) is 1. The van der Waals surface area contributed by atoms with Crippen LogP contribution in [0.1, 0.15) is 21.7 Å². The van der Waals surface area contributed by atoms with Crippen molar-refractivity contribution in [2.75, 3.05) is 7.11 Å². The highest BCUT2D eigenvalue weighted by atomic mass is 35.5. The van der Waals surface area contributed by atoms with Crippen molar-refractivity contribution in [2.24, 2.45) is 10.9 Å². The number of ether oxygens (including phenoxy) is 1. The maximum Gasteiger partial charge on any atom is 0.459 e. The third-order valence-corrected chi connectivity index (χ3v) is 5.35. The average Bonchev–Trinajstić information content (AvgIpc) is 3.30. The van der Waals surface area contributed by atoms with Crippen molar-refractivity contribution in [1.29, 1.82) is 0 Å². The number of carbonyl (C=O) groups is 1. The summed E-state index contributed by atoms with van der Waals surface area (Å²) < 4.78 is 87.2. The fraction of sp³-hybridized carbons (Fsp3) is 0.130. The molecule has 4 aromatic rings. The first-order chi connectivity index (χ1) is 17.8. The van der Waals surface area contributed by atoms with E-state index in [-0.39, 0.29) is 37.9 Å². The van der Waals surface area contributed by atoms with Crippen LogP contribution in [0.5, 0.6) is 5.75 Å². The van der Waals surface area contributed by atoms with E-state index < -0.39 is 40.9 Å². The third-order valence-electron chi connectivity index (χ3n) is 5.12. The second-order valence-electron chi connectivity index (χ2n) is 7.61. The molecule has 8 nitrogen and oxygen atoms in total. The first-order valence-electron chi connectivity index (χ1n) is 10.3. The molecule has 0 atom stereocenters. The Morgan fingerprint density at radius 3 is 2.37 bits per heavy atom. The molecule has 198 valence electrons. The summed E-state index contributed by atoms with van der Waals surface area (Å²) in [7, 11) is 1.34. The van der Waals surface area contributed by atoms with Crippen LogP contribution in [-0.4, -0.2) is 39.7 Å². The Hall–Kier alpha value is -4.33. The molecule has 0 saturated carbocycles. The number of methoxy groups -OCH3 is 1. The van der Waals surface area contributed by atoms with E-state index in [1.54, 1.807) is 0 Å². The Kier molecular flexibility index (Phi) is 6.93. The quantitative estimate of drug-likeness (QED) is 0.113. The second kappa shape index (κ2) is 9.85. The van der Waals surface area contributed by atoms with Crippen molar-refractivity contribution >= 4 is 29.1 Å². The lowest BCUT2D eigenvalue weighted by atomic mass is 10.1. The van der Waals surface area contributed by atoms with Crippen molar-refractivity contribution in [2.45, 2.75) is 12.1 Å². The monoisotopic (exact) mass is 557 g/mol. The Morgan fingerprint density at radius 1 is 1.05 bits per heavy atom. The minimum atomic E-state index is -6.01. The largest absolute Gasteiger partial charge is 0.496 e. The van der Waals surface area contributed by atoms with Crippen molar-refractivity contribution in [3.05, 3.63) is 82.4 Å². The van der Waals surface area contributed by atoms with Gasteiger partial charge in [0.1, 0.15) is 17.3 Å². The lowest BCUT2D eigenvalue weighted by Gasteiger charge is -2.21. The Morgan fingerprint density at radius 2 is 1.74 bits per heavy atom. The molecule has 0 unspecified atom stereocenters. The first-order valence-corrected chi connectivity index (χ1v) is 10.7. The molecule has 0 spiro atoms. The lowest BCUT2D eigenvalue weighted by molar-refractivity contribution is -0.291. The summed E-state index contributed by atoms with van der Waals surface area (Å²) in [6.07, 6.45) is -6.01. The Balaban J connectivity index is 1.76. The van der Waals surface area contributed by atoms with E-state index in [1.165, 1.54) is 25.3 Å². The summed E-state index contributed by atoms with van der Waals surface area (Å²) in [5.41, 5.74) is 2.75. The molecule has 0 aliphatic heterocycles. The molecule has 0 aliphatic rings. The predicted octanol–water partition coefficient (Wildman–Crippen LogP) is 5.33. The number of alkyl halides is 5. The van der Waals surface area contributed by atoms with Gasteiger partial charge in [-0.15, -0.1) is 0 Å². The van der Waals surface area contributed by atoms with Gasteiger partial charge in [0.2, 0.25) is 0 Å². The van der Waals surface area contributed by atoms with Crippen LogP contribution in [0.15, 0.2) is 59.8 Å². The molecule has 0 amide bonds. The van der Waals surface area contributed by atoms with Crippen molar-refractivity contribution in [3.8, 4) is 17.0 Å². The van der Waals surface area contributed by atoms with Gasteiger partial charge in [0, 0.05) is 16.7 Å². The van der Waals surface area contributed by atoms with Gasteiger partial charge in [0.25, 0.3) is 0 Å². The SMILES string of the molecule is COc1ccc(Cl)cc1/C(N)=N/OC(=O)c1cc2nc(-c3ccc(F)cc3)cc(C(F)(F)C(F)(F)F)n2n1. The van der Waals surface area contributed by atoms with Crippen LogP contribution in [0.2, 0.25) is 5.02 Å². The van der Waals surface area contributed by atoms with Crippen molar-refractivity contribution in [3.63, 3.8) is 0 Å².